The molecule has 220 valence electrons. The number of anilines is 2. The van der Waals surface area contributed by atoms with Crippen LogP contribution in [0.15, 0.2) is 91.4 Å². The third-order valence-corrected chi connectivity index (χ3v) is 7.73. The molecule has 0 spiro atoms. The van der Waals surface area contributed by atoms with E-state index in [4.69, 9.17) is 15.7 Å². The number of para-hydroxylation sites is 1. The first-order valence-corrected chi connectivity index (χ1v) is 14.4. The largest absolute Gasteiger partial charge is 0.383 e. The van der Waals surface area contributed by atoms with Gasteiger partial charge in [0.1, 0.15) is 11.3 Å². The Bertz CT molecular complexity index is 2160. The zero-order valence-electron chi connectivity index (χ0n) is 24.2. The number of nitrogens with one attached hydrogen (secondary N) is 2. The summed E-state index contributed by atoms with van der Waals surface area (Å²) in [4.78, 5) is 39.6. The third kappa shape index (κ3) is 5.14. The molecule has 1 aliphatic rings. The Morgan fingerprint density at radius 2 is 1.89 bits per heavy atom. The van der Waals surface area contributed by atoms with Crippen LogP contribution in [0.3, 0.4) is 0 Å². The molecule has 0 radical (unpaired) electrons. The predicted molar refractivity (Wildman–Crippen MR) is 171 cm³/mol. The molecular formula is C34H27N9O2. The number of carbonyl (C=O) groups excluding carboxylic acids is 2. The lowest BCUT2D eigenvalue weighted by atomic mass is 10.1. The molecule has 4 N–H and O–H groups in total. The van der Waals surface area contributed by atoms with Gasteiger partial charge in [0, 0.05) is 24.3 Å². The summed E-state index contributed by atoms with van der Waals surface area (Å²) in [5, 5.41) is 10.2. The maximum Gasteiger partial charge on any atom is 0.300 e. The van der Waals surface area contributed by atoms with Crippen LogP contribution in [0, 0.1) is 11.8 Å². The molecule has 0 bridgehead atoms. The minimum Gasteiger partial charge on any atom is -0.383 e. The van der Waals surface area contributed by atoms with Crippen molar-refractivity contribution in [2.75, 3.05) is 11.1 Å². The van der Waals surface area contributed by atoms with Gasteiger partial charge in [-0.2, -0.15) is 5.10 Å². The van der Waals surface area contributed by atoms with Crippen LogP contribution in [-0.4, -0.2) is 41.1 Å². The molecule has 6 aromatic rings. The molecule has 0 saturated carbocycles. The van der Waals surface area contributed by atoms with Crippen LogP contribution in [-0.2, 0) is 11.2 Å². The first-order chi connectivity index (χ1) is 22.0. The van der Waals surface area contributed by atoms with E-state index in [-0.39, 0.29) is 11.9 Å². The SMILES string of the molecule is CC#CC(=O)Nc1ccccc1C(=O)N[C@H]1CCc2cc(-n3c(-c4cccnc4N)nc4ccc(-n5cccn5)nc43)ccc21. The molecule has 1 aliphatic carbocycles. The third-order valence-electron chi connectivity index (χ3n) is 7.73. The van der Waals surface area contributed by atoms with Gasteiger partial charge in [-0.3, -0.25) is 14.2 Å². The molecule has 11 nitrogen and oxygen atoms in total. The van der Waals surface area contributed by atoms with Crippen molar-refractivity contribution in [3.8, 4) is 34.7 Å². The van der Waals surface area contributed by atoms with Gasteiger partial charge in [-0.1, -0.05) is 24.1 Å². The number of nitrogens with zero attached hydrogens (tertiary/aromatic N) is 6. The molecule has 0 fully saturated rings. The number of aromatic nitrogens is 6. The molecule has 0 saturated heterocycles. The van der Waals surface area contributed by atoms with Gasteiger partial charge in [-0.25, -0.2) is 19.6 Å². The van der Waals surface area contributed by atoms with Crippen molar-refractivity contribution in [2.45, 2.75) is 25.8 Å². The quantitative estimate of drug-likeness (QED) is 0.239. The van der Waals surface area contributed by atoms with E-state index in [0.29, 0.717) is 45.4 Å². The zero-order valence-corrected chi connectivity index (χ0v) is 24.2. The Morgan fingerprint density at radius 3 is 2.71 bits per heavy atom. The smallest absolute Gasteiger partial charge is 0.300 e. The van der Waals surface area contributed by atoms with E-state index in [1.807, 2.05) is 53.2 Å². The number of pyridine rings is 2. The summed E-state index contributed by atoms with van der Waals surface area (Å²) in [6, 6.07) is 22.2. The van der Waals surface area contributed by atoms with Crippen LogP contribution in [0.25, 0.3) is 34.1 Å². The molecule has 2 amide bonds. The Morgan fingerprint density at radius 1 is 1.00 bits per heavy atom. The summed E-state index contributed by atoms with van der Waals surface area (Å²) in [5.41, 5.74) is 12.1. The number of nitrogens with two attached hydrogens (primary N) is 1. The van der Waals surface area contributed by atoms with Gasteiger partial charge >= 0.3 is 0 Å². The Labute approximate surface area is 258 Å². The van der Waals surface area contributed by atoms with Gasteiger partial charge in [0.05, 0.1) is 22.9 Å². The van der Waals surface area contributed by atoms with Gasteiger partial charge in [-0.05, 0) is 91.4 Å². The zero-order chi connectivity index (χ0) is 30.9. The molecule has 0 unspecified atom stereocenters. The van der Waals surface area contributed by atoms with Gasteiger partial charge in [0.2, 0.25) is 0 Å². The number of amides is 2. The maximum absolute atomic E-state index is 13.4. The number of aryl methyl sites for hydroxylation is 1. The van der Waals surface area contributed by atoms with Crippen LogP contribution >= 0.6 is 0 Å². The molecule has 1 atom stereocenters. The molecule has 4 heterocycles. The van der Waals surface area contributed by atoms with Crippen molar-refractivity contribution in [1.82, 2.24) is 34.6 Å². The highest BCUT2D eigenvalue weighted by molar-refractivity contribution is 6.08. The van der Waals surface area contributed by atoms with Gasteiger partial charge in [-0.15, -0.1) is 0 Å². The lowest BCUT2D eigenvalue weighted by Gasteiger charge is -2.17. The lowest BCUT2D eigenvalue weighted by molar-refractivity contribution is -0.111. The predicted octanol–water partition coefficient (Wildman–Crippen LogP) is 4.63. The van der Waals surface area contributed by atoms with E-state index >= 15 is 0 Å². The number of hydrogen-bond donors (Lipinski definition) is 3. The van der Waals surface area contributed by atoms with E-state index in [2.05, 4.69) is 38.6 Å². The monoisotopic (exact) mass is 593 g/mol. The van der Waals surface area contributed by atoms with E-state index in [1.165, 1.54) is 0 Å². The molecule has 0 aliphatic heterocycles. The fraction of sp³-hybridized carbons (Fsp3) is 0.118. The maximum atomic E-state index is 13.4. The summed E-state index contributed by atoms with van der Waals surface area (Å²) in [7, 11) is 0. The van der Waals surface area contributed by atoms with Crippen molar-refractivity contribution in [3.63, 3.8) is 0 Å². The van der Waals surface area contributed by atoms with E-state index in [1.54, 1.807) is 48.3 Å². The summed E-state index contributed by atoms with van der Waals surface area (Å²) in [6.07, 6.45) is 6.69. The fourth-order valence-corrected chi connectivity index (χ4v) is 5.70. The van der Waals surface area contributed by atoms with E-state index < -0.39 is 5.91 Å². The van der Waals surface area contributed by atoms with Crippen LogP contribution in [0.4, 0.5) is 11.5 Å². The first-order valence-electron chi connectivity index (χ1n) is 14.4. The van der Waals surface area contributed by atoms with Crippen molar-refractivity contribution in [3.05, 3.63) is 108 Å². The molecule has 2 aromatic carbocycles. The topological polar surface area (TPSA) is 146 Å². The second-order valence-corrected chi connectivity index (χ2v) is 10.5. The average molecular weight is 594 g/mol. The standard InChI is InChI=1S/C34H27N9O2/c1-2-7-30(44)38-26-10-4-3-8-24(26)34(45)40-27-14-11-21-20-22(12-13-23(21)27)43-32(25-9-5-17-36-31(25)35)39-28-15-16-29(41-33(28)43)42-19-6-18-37-42/h3-6,8-10,12-13,15-20,27H,11,14H2,1H3,(H2,35,36)(H,38,44)(H,40,45)/t27-/m0/s1. The number of benzene rings is 2. The normalized spacial score (nSPS) is 13.6. The van der Waals surface area contributed by atoms with Crippen molar-refractivity contribution < 1.29 is 9.59 Å². The second kappa shape index (κ2) is 11.4. The lowest BCUT2D eigenvalue weighted by Crippen LogP contribution is -2.28. The van der Waals surface area contributed by atoms with Crippen LogP contribution in [0.5, 0.6) is 0 Å². The minimum absolute atomic E-state index is 0.196. The molecular weight excluding hydrogens is 566 g/mol. The summed E-state index contributed by atoms with van der Waals surface area (Å²) in [6.45, 7) is 1.58. The number of hydrogen-bond acceptors (Lipinski definition) is 7. The van der Waals surface area contributed by atoms with E-state index in [0.717, 1.165) is 29.7 Å². The number of imidazole rings is 1. The number of nitrogen functional groups attached to an aromatic ring is 1. The molecule has 45 heavy (non-hydrogen) atoms. The Kier molecular flexibility index (Phi) is 6.99. The van der Waals surface area contributed by atoms with Crippen molar-refractivity contribution in [2.24, 2.45) is 0 Å². The average Bonchev–Trinajstić information content (AvgIpc) is 3.80. The summed E-state index contributed by atoms with van der Waals surface area (Å²) in [5.74, 6) is 5.91. The van der Waals surface area contributed by atoms with E-state index in [9.17, 15) is 9.59 Å². The van der Waals surface area contributed by atoms with Gasteiger partial charge in [0.25, 0.3) is 11.8 Å². The number of carbonyl (C=O) groups is 2. The summed E-state index contributed by atoms with van der Waals surface area (Å²) >= 11 is 0. The highest BCUT2D eigenvalue weighted by atomic mass is 16.2. The molecule has 4 aromatic heterocycles. The Balaban J connectivity index is 1.25. The van der Waals surface area contributed by atoms with Gasteiger partial charge < -0.3 is 16.4 Å². The van der Waals surface area contributed by atoms with Crippen LogP contribution < -0.4 is 16.4 Å². The molecule has 7 rings (SSSR count). The van der Waals surface area contributed by atoms with Crippen molar-refractivity contribution in [1.29, 1.82) is 0 Å². The minimum atomic E-state index is -0.470. The number of rotatable bonds is 6. The second-order valence-electron chi connectivity index (χ2n) is 10.5. The van der Waals surface area contributed by atoms with Crippen molar-refractivity contribution >= 4 is 34.5 Å². The number of fused-ring (bicyclic) bond motifs is 2. The summed E-state index contributed by atoms with van der Waals surface area (Å²) < 4.78 is 3.69. The highest BCUT2D eigenvalue weighted by Crippen LogP contribution is 2.36. The van der Waals surface area contributed by atoms with Crippen LogP contribution in [0.2, 0.25) is 0 Å². The fourth-order valence-electron chi connectivity index (χ4n) is 5.70. The van der Waals surface area contributed by atoms with Crippen LogP contribution in [0.1, 0.15) is 40.9 Å². The highest BCUT2D eigenvalue weighted by Gasteiger charge is 2.27. The first kappa shape index (κ1) is 27.5. The van der Waals surface area contributed by atoms with Gasteiger partial charge in [0.15, 0.2) is 17.3 Å². The molecule has 11 heteroatoms. The Hall–Kier alpha value is -6.28.